The Kier molecular flexibility index (Phi) is 4.97. The van der Waals surface area contributed by atoms with Crippen LogP contribution >= 0.6 is 0 Å². The molecule has 0 unspecified atom stereocenters. The SMILES string of the molecule is COC(=O)Nc1ccc(CNC(=O)[C@@H]2C[C@@H]2c2ccccc2F)cc1. The van der Waals surface area contributed by atoms with Crippen molar-refractivity contribution < 1.29 is 18.7 Å². The molecule has 0 saturated heterocycles. The number of anilines is 1. The molecule has 1 saturated carbocycles. The Morgan fingerprint density at radius 2 is 1.88 bits per heavy atom. The van der Waals surface area contributed by atoms with Gasteiger partial charge in [0.2, 0.25) is 5.91 Å². The zero-order valence-electron chi connectivity index (χ0n) is 13.8. The summed E-state index contributed by atoms with van der Waals surface area (Å²) in [6, 6.07) is 13.7. The van der Waals surface area contributed by atoms with Gasteiger partial charge in [0, 0.05) is 18.2 Å². The van der Waals surface area contributed by atoms with E-state index >= 15 is 0 Å². The van der Waals surface area contributed by atoms with E-state index in [0.717, 1.165) is 5.56 Å². The van der Waals surface area contributed by atoms with Gasteiger partial charge in [0.25, 0.3) is 0 Å². The fourth-order valence-electron chi connectivity index (χ4n) is 2.80. The van der Waals surface area contributed by atoms with Gasteiger partial charge in [-0.25, -0.2) is 9.18 Å². The van der Waals surface area contributed by atoms with Gasteiger partial charge < -0.3 is 10.1 Å². The molecule has 0 radical (unpaired) electrons. The van der Waals surface area contributed by atoms with Gasteiger partial charge in [-0.3, -0.25) is 10.1 Å². The molecular weight excluding hydrogens is 323 g/mol. The summed E-state index contributed by atoms with van der Waals surface area (Å²) < 4.78 is 18.3. The van der Waals surface area contributed by atoms with E-state index in [1.54, 1.807) is 30.3 Å². The molecule has 1 aliphatic carbocycles. The number of methoxy groups -OCH3 is 1. The molecule has 1 aliphatic rings. The second-order valence-electron chi connectivity index (χ2n) is 6.00. The number of rotatable bonds is 5. The fraction of sp³-hybridized carbons (Fsp3) is 0.263. The predicted octanol–water partition coefficient (Wildman–Crippen LogP) is 3.42. The number of hydrogen-bond donors (Lipinski definition) is 2. The normalized spacial score (nSPS) is 18.3. The number of carbonyl (C=O) groups excluding carboxylic acids is 2. The van der Waals surface area contributed by atoms with Crippen molar-refractivity contribution in [2.75, 3.05) is 12.4 Å². The van der Waals surface area contributed by atoms with E-state index in [0.29, 0.717) is 24.2 Å². The van der Waals surface area contributed by atoms with E-state index in [9.17, 15) is 14.0 Å². The number of amides is 2. The first-order valence-corrected chi connectivity index (χ1v) is 8.04. The fourth-order valence-corrected chi connectivity index (χ4v) is 2.80. The lowest BCUT2D eigenvalue weighted by Gasteiger charge is -2.07. The predicted molar refractivity (Wildman–Crippen MR) is 91.6 cm³/mol. The maximum absolute atomic E-state index is 13.8. The molecule has 2 atom stereocenters. The second kappa shape index (κ2) is 7.34. The molecular formula is C19H19FN2O3. The van der Waals surface area contributed by atoms with E-state index in [-0.39, 0.29) is 23.6 Å². The maximum atomic E-state index is 13.8. The van der Waals surface area contributed by atoms with Crippen LogP contribution in [0.3, 0.4) is 0 Å². The Morgan fingerprint density at radius 1 is 1.16 bits per heavy atom. The topological polar surface area (TPSA) is 67.4 Å². The summed E-state index contributed by atoms with van der Waals surface area (Å²) >= 11 is 0. The van der Waals surface area contributed by atoms with Crippen molar-refractivity contribution in [2.24, 2.45) is 5.92 Å². The van der Waals surface area contributed by atoms with E-state index in [1.165, 1.54) is 13.2 Å². The standard InChI is InChI=1S/C19H19FN2O3/c1-25-19(24)22-13-8-6-12(7-9-13)11-21-18(23)16-10-15(16)14-4-2-3-5-17(14)20/h2-9,15-16H,10-11H2,1H3,(H,21,23)(H,22,24)/t15-,16-/m1/s1. The quantitative estimate of drug-likeness (QED) is 0.875. The van der Waals surface area contributed by atoms with Crippen molar-refractivity contribution in [1.82, 2.24) is 5.32 Å². The molecule has 6 heteroatoms. The first kappa shape index (κ1) is 17.0. The highest BCUT2D eigenvalue weighted by atomic mass is 19.1. The minimum Gasteiger partial charge on any atom is -0.453 e. The summed E-state index contributed by atoms with van der Waals surface area (Å²) in [6.07, 6.45) is 0.142. The minimum absolute atomic E-state index is 0.0344. The van der Waals surface area contributed by atoms with Crippen molar-refractivity contribution in [3.63, 3.8) is 0 Å². The Balaban J connectivity index is 1.50. The van der Waals surface area contributed by atoms with E-state index < -0.39 is 6.09 Å². The van der Waals surface area contributed by atoms with Crippen molar-refractivity contribution in [2.45, 2.75) is 18.9 Å². The summed E-state index contributed by atoms with van der Waals surface area (Å²) in [5.41, 5.74) is 2.14. The van der Waals surface area contributed by atoms with Gasteiger partial charge in [0.15, 0.2) is 0 Å². The molecule has 0 bridgehead atoms. The Bertz CT molecular complexity index is 776. The summed E-state index contributed by atoms with van der Waals surface area (Å²) in [5, 5.41) is 5.44. The number of halogens is 1. The summed E-state index contributed by atoms with van der Waals surface area (Å²) in [6.45, 7) is 0.387. The van der Waals surface area contributed by atoms with Crippen molar-refractivity contribution in [3.8, 4) is 0 Å². The molecule has 0 aromatic heterocycles. The van der Waals surface area contributed by atoms with Crippen molar-refractivity contribution in [1.29, 1.82) is 0 Å². The third-order valence-electron chi connectivity index (χ3n) is 4.28. The summed E-state index contributed by atoms with van der Waals surface area (Å²) in [5.74, 6) is -0.522. The highest BCUT2D eigenvalue weighted by Crippen LogP contribution is 2.48. The number of hydrogen-bond acceptors (Lipinski definition) is 3. The lowest BCUT2D eigenvalue weighted by molar-refractivity contribution is -0.122. The maximum Gasteiger partial charge on any atom is 0.411 e. The van der Waals surface area contributed by atoms with Gasteiger partial charge >= 0.3 is 6.09 Å². The summed E-state index contributed by atoms with van der Waals surface area (Å²) in [7, 11) is 1.30. The molecule has 130 valence electrons. The molecule has 25 heavy (non-hydrogen) atoms. The van der Waals surface area contributed by atoms with E-state index in [4.69, 9.17) is 0 Å². The molecule has 1 fully saturated rings. The number of carbonyl (C=O) groups is 2. The number of nitrogens with one attached hydrogen (secondary N) is 2. The van der Waals surface area contributed by atoms with Crippen molar-refractivity contribution >= 4 is 17.7 Å². The lowest BCUT2D eigenvalue weighted by Crippen LogP contribution is -2.24. The van der Waals surface area contributed by atoms with Gasteiger partial charge in [-0.15, -0.1) is 0 Å². The number of benzene rings is 2. The van der Waals surface area contributed by atoms with Gasteiger partial charge in [0.05, 0.1) is 7.11 Å². The third kappa shape index (κ3) is 4.15. The molecule has 2 aromatic carbocycles. The number of ether oxygens (including phenoxy) is 1. The molecule has 3 rings (SSSR count). The van der Waals surface area contributed by atoms with Gasteiger partial charge in [-0.2, -0.15) is 0 Å². The van der Waals surface area contributed by atoms with Crippen LogP contribution < -0.4 is 10.6 Å². The van der Waals surface area contributed by atoms with Crippen LogP contribution in [0.2, 0.25) is 0 Å². The zero-order chi connectivity index (χ0) is 17.8. The van der Waals surface area contributed by atoms with Crippen LogP contribution in [0.4, 0.5) is 14.9 Å². The smallest absolute Gasteiger partial charge is 0.411 e. The monoisotopic (exact) mass is 342 g/mol. The highest BCUT2D eigenvalue weighted by molar-refractivity contribution is 5.84. The molecule has 0 spiro atoms. The lowest BCUT2D eigenvalue weighted by atomic mass is 10.1. The first-order chi connectivity index (χ1) is 12.1. The average molecular weight is 342 g/mol. The minimum atomic E-state index is -0.533. The third-order valence-corrected chi connectivity index (χ3v) is 4.28. The largest absolute Gasteiger partial charge is 0.453 e. The van der Waals surface area contributed by atoms with Crippen LogP contribution in [0.5, 0.6) is 0 Å². The first-order valence-electron chi connectivity index (χ1n) is 8.04. The molecule has 2 aromatic rings. The highest BCUT2D eigenvalue weighted by Gasteiger charge is 2.44. The van der Waals surface area contributed by atoms with Gasteiger partial charge in [0.1, 0.15) is 5.82 Å². The van der Waals surface area contributed by atoms with Gasteiger partial charge in [-0.1, -0.05) is 30.3 Å². The second-order valence-corrected chi connectivity index (χ2v) is 6.00. The van der Waals surface area contributed by atoms with E-state index in [2.05, 4.69) is 15.4 Å². The average Bonchev–Trinajstić information content (AvgIpc) is 3.42. The molecule has 2 N–H and O–H groups in total. The van der Waals surface area contributed by atoms with E-state index in [1.807, 2.05) is 12.1 Å². The molecule has 5 nitrogen and oxygen atoms in total. The van der Waals surface area contributed by atoms with Crippen LogP contribution in [0.1, 0.15) is 23.5 Å². The Hall–Kier alpha value is -2.89. The van der Waals surface area contributed by atoms with Crippen LogP contribution in [-0.4, -0.2) is 19.1 Å². The Labute approximate surface area is 145 Å². The van der Waals surface area contributed by atoms with Crippen LogP contribution in [-0.2, 0) is 16.1 Å². The molecule has 0 heterocycles. The molecule has 2 amide bonds. The van der Waals surface area contributed by atoms with Crippen LogP contribution in [0, 0.1) is 11.7 Å². The van der Waals surface area contributed by atoms with Crippen molar-refractivity contribution in [3.05, 3.63) is 65.5 Å². The van der Waals surface area contributed by atoms with Crippen LogP contribution in [0.15, 0.2) is 48.5 Å². The summed E-state index contributed by atoms with van der Waals surface area (Å²) in [4.78, 5) is 23.3. The van der Waals surface area contributed by atoms with Gasteiger partial charge in [-0.05, 0) is 41.7 Å². The zero-order valence-corrected chi connectivity index (χ0v) is 13.8. The van der Waals surface area contributed by atoms with Crippen LogP contribution in [0.25, 0.3) is 0 Å². The molecule has 0 aliphatic heterocycles. The Morgan fingerprint density at radius 3 is 2.56 bits per heavy atom.